The van der Waals surface area contributed by atoms with E-state index in [1.807, 2.05) is 6.92 Å². The van der Waals surface area contributed by atoms with Crippen LogP contribution < -0.4 is 9.50 Å². The van der Waals surface area contributed by atoms with Crippen molar-refractivity contribution in [1.82, 2.24) is 9.38 Å². The fourth-order valence-electron chi connectivity index (χ4n) is 3.30. The molecule has 0 fully saturated rings. The van der Waals surface area contributed by atoms with Crippen LogP contribution in [0.1, 0.15) is 12.5 Å². The van der Waals surface area contributed by atoms with Crippen LogP contribution in [0.2, 0.25) is 5.02 Å². The Morgan fingerprint density at radius 1 is 1.06 bits per heavy atom. The largest absolute Gasteiger partial charge is 0.465 e. The Morgan fingerprint density at radius 3 is 2.44 bits per heavy atom. The molecule has 0 saturated carbocycles. The molecule has 0 unspecified atom stereocenters. The summed E-state index contributed by atoms with van der Waals surface area (Å²) >= 11 is 6.16. The molecule has 176 valence electrons. The molecule has 34 heavy (non-hydrogen) atoms. The summed E-state index contributed by atoms with van der Waals surface area (Å²) in [5.41, 5.74) is 2.81. The average molecular weight is 500 g/mol. The molecular formula is C24H22ClN3O5S. The van der Waals surface area contributed by atoms with Crippen LogP contribution in [-0.2, 0) is 19.6 Å². The smallest absolute Gasteiger partial charge is 0.339 e. The third-order valence-corrected chi connectivity index (χ3v) is 6.42. The van der Waals surface area contributed by atoms with Crippen LogP contribution in [0.15, 0.2) is 71.8 Å². The summed E-state index contributed by atoms with van der Waals surface area (Å²) in [5.74, 6) is 0.305. The number of ether oxygens (including phenoxy) is 1. The predicted molar refractivity (Wildman–Crippen MR) is 130 cm³/mol. The van der Waals surface area contributed by atoms with E-state index in [4.69, 9.17) is 20.5 Å². The van der Waals surface area contributed by atoms with Gasteiger partial charge in [0.25, 0.3) is 0 Å². The number of carbonyl (C=O) groups excluding carboxylic acids is 1. The molecule has 0 amide bonds. The topological polar surface area (TPSA) is 99.0 Å². The summed E-state index contributed by atoms with van der Waals surface area (Å²) in [6, 6.07) is 16.4. The van der Waals surface area contributed by atoms with Gasteiger partial charge in [-0.15, -0.1) is 0 Å². The molecule has 0 aliphatic rings. The number of anilines is 1. The first-order valence-corrected chi connectivity index (χ1v) is 12.2. The van der Waals surface area contributed by atoms with Gasteiger partial charge >= 0.3 is 16.1 Å². The Labute approximate surface area is 202 Å². The average Bonchev–Trinajstić information content (AvgIpc) is 3.16. The van der Waals surface area contributed by atoms with E-state index in [2.05, 4.69) is 10.3 Å². The SMILES string of the molecule is CCOC(=O)CNc1c(-c2ccc(OS(=O)(=O)c3ccc(C)cc3)cc2)nc2ccc(Cl)cn12. The highest BCUT2D eigenvalue weighted by Crippen LogP contribution is 2.31. The molecule has 8 nitrogen and oxygen atoms in total. The lowest BCUT2D eigenvalue weighted by molar-refractivity contribution is -0.140. The minimum absolute atomic E-state index is 0.0584. The van der Waals surface area contributed by atoms with E-state index in [1.165, 1.54) is 12.1 Å². The van der Waals surface area contributed by atoms with Gasteiger partial charge in [0.1, 0.15) is 34.3 Å². The number of hydrogen-bond acceptors (Lipinski definition) is 7. The van der Waals surface area contributed by atoms with E-state index in [1.54, 1.807) is 66.1 Å². The number of carbonyl (C=O) groups is 1. The molecular weight excluding hydrogens is 478 g/mol. The van der Waals surface area contributed by atoms with Crippen molar-refractivity contribution in [1.29, 1.82) is 0 Å². The van der Waals surface area contributed by atoms with Crippen LogP contribution in [0.3, 0.4) is 0 Å². The van der Waals surface area contributed by atoms with Gasteiger partial charge in [-0.05, 0) is 62.4 Å². The van der Waals surface area contributed by atoms with Crippen LogP contribution in [0.4, 0.5) is 5.82 Å². The van der Waals surface area contributed by atoms with Gasteiger partial charge in [0.15, 0.2) is 0 Å². The zero-order valence-corrected chi connectivity index (χ0v) is 20.1. The number of halogens is 1. The maximum absolute atomic E-state index is 12.6. The Morgan fingerprint density at radius 2 is 1.76 bits per heavy atom. The molecule has 0 aliphatic heterocycles. The first kappa shape index (κ1) is 23.6. The Balaban J connectivity index is 1.63. The van der Waals surface area contributed by atoms with Crippen LogP contribution in [0.5, 0.6) is 5.75 Å². The Hall–Kier alpha value is -3.56. The number of benzene rings is 2. The van der Waals surface area contributed by atoms with Crippen molar-refractivity contribution < 1.29 is 22.1 Å². The fraction of sp³-hybridized carbons (Fsp3) is 0.167. The highest BCUT2D eigenvalue weighted by atomic mass is 35.5. The number of aryl methyl sites for hydroxylation is 1. The second kappa shape index (κ2) is 9.74. The number of nitrogens with one attached hydrogen (secondary N) is 1. The zero-order valence-electron chi connectivity index (χ0n) is 18.5. The fourth-order valence-corrected chi connectivity index (χ4v) is 4.40. The molecule has 0 spiro atoms. The summed E-state index contributed by atoms with van der Waals surface area (Å²) in [4.78, 5) is 16.6. The van der Waals surface area contributed by atoms with Crippen molar-refractivity contribution in [3.8, 4) is 17.0 Å². The summed E-state index contributed by atoms with van der Waals surface area (Å²) in [6.45, 7) is 3.83. The number of nitrogens with zero attached hydrogens (tertiary/aromatic N) is 2. The van der Waals surface area contributed by atoms with Gasteiger partial charge in [-0.3, -0.25) is 9.20 Å². The highest BCUT2D eigenvalue weighted by Gasteiger charge is 2.18. The molecule has 0 radical (unpaired) electrons. The van der Waals surface area contributed by atoms with Crippen molar-refractivity contribution in [3.05, 3.63) is 77.4 Å². The lowest BCUT2D eigenvalue weighted by Crippen LogP contribution is -2.17. The number of esters is 1. The number of imidazole rings is 1. The summed E-state index contributed by atoms with van der Waals surface area (Å²) in [7, 11) is -3.96. The van der Waals surface area contributed by atoms with E-state index in [-0.39, 0.29) is 23.8 Å². The summed E-state index contributed by atoms with van der Waals surface area (Å²) in [6.07, 6.45) is 1.69. The number of aromatic nitrogens is 2. The third-order valence-electron chi connectivity index (χ3n) is 4.93. The van der Waals surface area contributed by atoms with E-state index in [0.29, 0.717) is 27.7 Å². The summed E-state index contributed by atoms with van der Waals surface area (Å²) in [5, 5.41) is 3.57. The van der Waals surface area contributed by atoms with Gasteiger partial charge < -0.3 is 14.2 Å². The quantitative estimate of drug-likeness (QED) is 0.277. The number of pyridine rings is 1. The normalized spacial score (nSPS) is 11.4. The minimum atomic E-state index is -3.96. The highest BCUT2D eigenvalue weighted by molar-refractivity contribution is 7.87. The second-order valence-electron chi connectivity index (χ2n) is 7.42. The molecule has 0 saturated heterocycles. The van der Waals surface area contributed by atoms with Gasteiger partial charge in [-0.1, -0.05) is 29.3 Å². The number of rotatable bonds is 8. The molecule has 2 aromatic carbocycles. The monoisotopic (exact) mass is 499 g/mol. The molecule has 4 aromatic rings. The first-order chi connectivity index (χ1) is 16.3. The standard InChI is InChI=1S/C24H22ClN3O5S/c1-3-32-22(29)14-26-24-23(27-21-13-8-18(25)15-28(21)24)17-6-9-19(10-7-17)33-34(30,31)20-11-4-16(2)5-12-20/h4-13,15,26H,3,14H2,1-2H3. The lowest BCUT2D eigenvalue weighted by Gasteiger charge is -2.10. The van der Waals surface area contributed by atoms with Crippen LogP contribution in [0.25, 0.3) is 16.9 Å². The number of fused-ring (bicyclic) bond motifs is 1. The summed E-state index contributed by atoms with van der Waals surface area (Å²) < 4.78 is 37.2. The van der Waals surface area contributed by atoms with E-state index in [9.17, 15) is 13.2 Å². The van der Waals surface area contributed by atoms with Gasteiger partial charge in [0.05, 0.1) is 11.6 Å². The molecule has 1 N–H and O–H groups in total. The van der Waals surface area contributed by atoms with Crippen molar-refractivity contribution in [2.45, 2.75) is 18.7 Å². The predicted octanol–water partition coefficient (Wildman–Crippen LogP) is 4.71. The van der Waals surface area contributed by atoms with Crippen LogP contribution in [0, 0.1) is 6.92 Å². The molecule has 0 bridgehead atoms. The van der Waals surface area contributed by atoms with Crippen LogP contribution in [-0.4, -0.2) is 36.9 Å². The van der Waals surface area contributed by atoms with Crippen molar-refractivity contribution in [2.24, 2.45) is 0 Å². The first-order valence-electron chi connectivity index (χ1n) is 10.5. The minimum Gasteiger partial charge on any atom is -0.465 e. The van der Waals surface area contributed by atoms with Crippen LogP contribution >= 0.6 is 11.6 Å². The molecule has 10 heteroatoms. The zero-order chi connectivity index (χ0) is 24.3. The molecule has 4 rings (SSSR count). The van der Waals surface area contributed by atoms with Gasteiger partial charge in [0.2, 0.25) is 0 Å². The van der Waals surface area contributed by atoms with Crippen molar-refractivity contribution in [2.75, 3.05) is 18.5 Å². The van der Waals surface area contributed by atoms with E-state index >= 15 is 0 Å². The molecule has 2 aromatic heterocycles. The maximum Gasteiger partial charge on any atom is 0.339 e. The maximum atomic E-state index is 12.6. The lowest BCUT2D eigenvalue weighted by atomic mass is 10.1. The number of hydrogen-bond donors (Lipinski definition) is 1. The third kappa shape index (κ3) is 5.16. The van der Waals surface area contributed by atoms with E-state index < -0.39 is 16.1 Å². The molecule has 0 aliphatic carbocycles. The van der Waals surface area contributed by atoms with Crippen molar-refractivity contribution >= 4 is 39.2 Å². The molecule has 0 atom stereocenters. The van der Waals surface area contributed by atoms with Gasteiger partial charge in [0, 0.05) is 11.8 Å². The Kier molecular flexibility index (Phi) is 6.76. The van der Waals surface area contributed by atoms with Gasteiger partial charge in [-0.25, -0.2) is 4.98 Å². The van der Waals surface area contributed by atoms with E-state index in [0.717, 1.165) is 5.56 Å². The second-order valence-corrected chi connectivity index (χ2v) is 9.40. The van der Waals surface area contributed by atoms with Crippen molar-refractivity contribution in [3.63, 3.8) is 0 Å². The Bertz CT molecular complexity index is 1430. The molecule has 2 heterocycles. The van der Waals surface area contributed by atoms with Gasteiger partial charge in [-0.2, -0.15) is 8.42 Å².